The lowest BCUT2D eigenvalue weighted by molar-refractivity contribution is -0.112. The van der Waals surface area contributed by atoms with Crippen molar-refractivity contribution in [3.8, 4) is 11.8 Å². The van der Waals surface area contributed by atoms with Gasteiger partial charge >= 0.3 is 0 Å². The third-order valence-electron chi connectivity index (χ3n) is 3.93. The van der Waals surface area contributed by atoms with Gasteiger partial charge in [-0.15, -0.1) is 0 Å². The summed E-state index contributed by atoms with van der Waals surface area (Å²) in [6, 6.07) is 26.3. The molecule has 0 aliphatic rings. The second-order valence-corrected chi connectivity index (χ2v) is 6.80. The third-order valence-corrected chi connectivity index (χ3v) is 4.62. The molecule has 138 valence electrons. The number of benzene rings is 3. The Balaban J connectivity index is 1.66. The first-order chi connectivity index (χ1) is 13.7. The molecule has 1 N–H and O–H groups in total. The molecule has 0 saturated heterocycles. The molecule has 0 saturated carbocycles. The van der Waals surface area contributed by atoms with Gasteiger partial charge in [0.15, 0.2) is 0 Å². The molecule has 4 nitrogen and oxygen atoms in total. The first kappa shape index (κ1) is 19.4. The van der Waals surface area contributed by atoms with Crippen LogP contribution in [-0.4, -0.2) is 5.91 Å². The summed E-state index contributed by atoms with van der Waals surface area (Å²) in [7, 11) is 0. The molecule has 0 unspecified atom stereocenters. The van der Waals surface area contributed by atoms with E-state index in [1.165, 1.54) is 0 Å². The molecular formula is C23H17BrN2O2. The minimum absolute atomic E-state index is 0.0220. The van der Waals surface area contributed by atoms with Gasteiger partial charge in [0.2, 0.25) is 0 Å². The molecule has 3 aromatic carbocycles. The van der Waals surface area contributed by atoms with Crippen molar-refractivity contribution in [3.63, 3.8) is 0 Å². The number of carbonyl (C=O) groups excluding carboxylic acids is 1. The van der Waals surface area contributed by atoms with E-state index in [0.717, 1.165) is 21.3 Å². The van der Waals surface area contributed by atoms with Gasteiger partial charge < -0.3 is 10.1 Å². The highest BCUT2D eigenvalue weighted by atomic mass is 79.9. The number of hydrogen-bond donors (Lipinski definition) is 1. The van der Waals surface area contributed by atoms with E-state index in [1.54, 1.807) is 12.1 Å². The lowest BCUT2D eigenvalue weighted by Crippen LogP contribution is -2.13. The van der Waals surface area contributed by atoms with Crippen molar-refractivity contribution >= 4 is 33.6 Å². The van der Waals surface area contributed by atoms with Gasteiger partial charge in [-0.3, -0.25) is 4.79 Å². The molecule has 0 heterocycles. The van der Waals surface area contributed by atoms with E-state index in [9.17, 15) is 10.1 Å². The standard InChI is InChI=1S/C23H17BrN2O2/c24-21-8-4-5-9-22(21)26-23(27)19(15-25)14-17-10-12-20(13-11-17)28-16-18-6-2-1-3-7-18/h1-14H,16H2,(H,26,27)/b19-14+. The molecule has 1 amide bonds. The Kier molecular flexibility index (Phi) is 6.61. The largest absolute Gasteiger partial charge is 0.489 e. The average Bonchev–Trinajstić information content (AvgIpc) is 2.73. The molecule has 0 spiro atoms. The fraction of sp³-hybridized carbons (Fsp3) is 0.0435. The van der Waals surface area contributed by atoms with Gasteiger partial charge in [-0.2, -0.15) is 5.26 Å². The molecule has 5 heteroatoms. The summed E-state index contributed by atoms with van der Waals surface area (Å²) >= 11 is 3.37. The second kappa shape index (κ2) is 9.54. The van der Waals surface area contributed by atoms with Gasteiger partial charge in [0.25, 0.3) is 5.91 Å². The Labute approximate surface area is 172 Å². The molecule has 0 radical (unpaired) electrons. The summed E-state index contributed by atoms with van der Waals surface area (Å²) in [6.07, 6.45) is 1.55. The zero-order valence-corrected chi connectivity index (χ0v) is 16.5. The smallest absolute Gasteiger partial charge is 0.266 e. The summed E-state index contributed by atoms with van der Waals surface area (Å²) in [5.74, 6) is 0.260. The van der Waals surface area contributed by atoms with Crippen molar-refractivity contribution < 1.29 is 9.53 Å². The molecule has 0 atom stereocenters. The number of ether oxygens (including phenoxy) is 1. The van der Waals surface area contributed by atoms with Crippen molar-refractivity contribution in [1.82, 2.24) is 0 Å². The zero-order chi connectivity index (χ0) is 19.8. The molecule has 3 rings (SSSR count). The van der Waals surface area contributed by atoms with Crippen LogP contribution in [0.15, 0.2) is 88.9 Å². The lowest BCUT2D eigenvalue weighted by atomic mass is 10.1. The minimum Gasteiger partial charge on any atom is -0.489 e. The number of para-hydroxylation sites is 1. The van der Waals surface area contributed by atoms with Crippen LogP contribution in [0.3, 0.4) is 0 Å². The minimum atomic E-state index is -0.459. The maximum atomic E-state index is 12.4. The number of halogens is 1. The Morgan fingerprint density at radius 3 is 2.36 bits per heavy atom. The number of amides is 1. The fourth-order valence-corrected chi connectivity index (χ4v) is 2.85. The number of hydrogen-bond acceptors (Lipinski definition) is 3. The maximum absolute atomic E-state index is 12.4. The van der Waals surface area contributed by atoms with E-state index in [2.05, 4.69) is 21.2 Å². The number of nitriles is 1. The van der Waals surface area contributed by atoms with E-state index in [1.807, 2.05) is 78.9 Å². The Morgan fingerprint density at radius 2 is 1.68 bits per heavy atom. The summed E-state index contributed by atoms with van der Waals surface area (Å²) in [5.41, 5.74) is 2.46. The zero-order valence-electron chi connectivity index (χ0n) is 14.9. The van der Waals surface area contributed by atoms with Crippen LogP contribution in [0.5, 0.6) is 5.75 Å². The first-order valence-electron chi connectivity index (χ1n) is 8.60. The van der Waals surface area contributed by atoms with E-state index < -0.39 is 5.91 Å². The molecule has 3 aromatic rings. The van der Waals surface area contributed by atoms with Crippen LogP contribution < -0.4 is 10.1 Å². The van der Waals surface area contributed by atoms with E-state index in [-0.39, 0.29) is 5.57 Å². The Morgan fingerprint density at radius 1 is 1.00 bits per heavy atom. The molecular weight excluding hydrogens is 416 g/mol. The van der Waals surface area contributed by atoms with Crippen molar-refractivity contribution in [2.24, 2.45) is 0 Å². The first-order valence-corrected chi connectivity index (χ1v) is 9.39. The predicted molar refractivity (Wildman–Crippen MR) is 114 cm³/mol. The Hall–Kier alpha value is -3.36. The summed E-state index contributed by atoms with van der Waals surface area (Å²) < 4.78 is 6.50. The van der Waals surface area contributed by atoms with Gasteiger partial charge in [0, 0.05) is 4.47 Å². The van der Waals surface area contributed by atoms with Crippen LogP contribution in [0.1, 0.15) is 11.1 Å². The van der Waals surface area contributed by atoms with Crippen molar-refractivity contribution in [2.75, 3.05) is 5.32 Å². The molecule has 28 heavy (non-hydrogen) atoms. The third kappa shape index (κ3) is 5.32. The van der Waals surface area contributed by atoms with Crippen LogP contribution >= 0.6 is 15.9 Å². The monoisotopic (exact) mass is 432 g/mol. The normalized spacial score (nSPS) is 10.8. The second-order valence-electron chi connectivity index (χ2n) is 5.95. The number of nitrogens with one attached hydrogen (secondary N) is 1. The summed E-state index contributed by atoms with van der Waals surface area (Å²) in [4.78, 5) is 12.4. The molecule has 0 fully saturated rings. The quantitative estimate of drug-likeness (QED) is 0.408. The number of rotatable bonds is 6. The number of anilines is 1. The van der Waals surface area contributed by atoms with Gasteiger partial charge in [0.05, 0.1) is 5.69 Å². The average molecular weight is 433 g/mol. The molecule has 0 aliphatic carbocycles. The number of carbonyl (C=O) groups is 1. The summed E-state index contributed by atoms with van der Waals surface area (Å²) in [6.45, 7) is 0.480. The predicted octanol–water partition coefficient (Wildman–Crippen LogP) is 5.57. The summed E-state index contributed by atoms with van der Waals surface area (Å²) in [5, 5.41) is 12.1. The van der Waals surface area contributed by atoms with Crippen molar-refractivity contribution in [3.05, 3.63) is 100 Å². The number of nitrogens with zero attached hydrogens (tertiary/aromatic N) is 1. The van der Waals surface area contributed by atoms with Gasteiger partial charge in [-0.1, -0.05) is 54.6 Å². The molecule has 0 aliphatic heterocycles. The maximum Gasteiger partial charge on any atom is 0.266 e. The van der Waals surface area contributed by atoms with Crippen LogP contribution in [0.2, 0.25) is 0 Å². The highest BCUT2D eigenvalue weighted by Gasteiger charge is 2.11. The molecule has 0 bridgehead atoms. The van der Waals surface area contributed by atoms with Crippen LogP contribution in [0, 0.1) is 11.3 Å². The van der Waals surface area contributed by atoms with Crippen LogP contribution in [0.4, 0.5) is 5.69 Å². The van der Waals surface area contributed by atoms with E-state index in [4.69, 9.17) is 4.74 Å². The fourth-order valence-electron chi connectivity index (χ4n) is 2.47. The lowest BCUT2D eigenvalue weighted by Gasteiger charge is -2.07. The Bertz CT molecular complexity index is 1020. The van der Waals surface area contributed by atoms with E-state index >= 15 is 0 Å². The van der Waals surface area contributed by atoms with Crippen LogP contribution in [-0.2, 0) is 11.4 Å². The van der Waals surface area contributed by atoms with Crippen LogP contribution in [0.25, 0.3) is 6.08 Å². The van der Waals surface area contributed by atoms with Gasteiger partial charge in [-0.05, 0) is 57.4 Å². The highest BCUT2D eigenvalue weighted by Crippen LogP contribution is 2.22. The molecule has 0 aromatic heterocycles. The SMILES string of the molecule is N#C/C(=C\c1ccc(OCc2ccccc2)cc1)C(=O)Nc1ccccc1Br. The van der Waals surface area contributed by atoms with E-state index in [0.29, 0.717) is 12.3 Å². The topological polar surface area (TPSA) is 62.1 Å². The van der Waals surface area contributed by atoms with Crippen molar-refractivity contribution in [1.29, 1.82) is 5.26 Å². The van der Waals surface area contributed by atoms with Crippen molar-refractivity contribution in [2.45, 2.75) is 6.61 Å². The highest BCUT2D eigenvalue weighted by molar-refractivity contribution is 9.10. The van der Waals surface area contributed by atoms with Gasteiger partial charge in [-0.25, -0.2) is 0 Å². The van der Waals surface area contributed by atoms with Gasteiger partial charge in [0.1, 0.15) is 24.0 Å².